The van der Waals surface area contributed by atoms with Crippen LogP contribution < -0.4 is 16.4 Å². The van der Waals surface area contributed by atoms with Gasteiger partial charge < -0.3 is 45.5 Å². The lowest BCUT2D eigenvalue weighted by molar-refractivity contribution is -0.384. The average Bonchev–Trinajstić information content (AvgIpc) is 3.09. The molecule has 0 unspecified atom stereocenters. The van der Waals surface area contributed by atoms with Gasteiger partial charge in [-0.05, 0) is 59.9 Å². The van der Waals surface area contributed by atoms with Crippen LogP contribution in [0.1, 0.15) is 84.0 Å². The summed E-state index contributed by atoms with van der Waals surface area (Å²) in [5, 5.41) is 25.5. The summed E-state index contributed by atoms with van der Waals surface area (Å²) in [6.45, 7) is 9.84. The van der Waals surface area contributed by atoms with E-state index in [4.69, 9.17) is 25.1 Å². The van der Waals surface area contributed by atoms with Crippen LogP contribution in [0.5, 0.6) is 0 Å². The highest BCUT2D eigenvalue weighted by atomic mass is 16.6. The zero-order valence-electron chi connectivity index (χ0n) is 32.9. The lowest BCUT2D eigenvalue weighted by Gasteiger charge is -2.29. The largest absolute Gasteiger partial charge is 0.480 e. The van der Waals surface area contributed by atoms with Gasteiger partial charge in [-0.15, -0.1) is 0 Å². The number of nitro groups is 1. The van der Waals surface area contributed by atoms with E-state index >= 15 is 0 Å². The number of carboxylic acid groups (broad SMARTS) is 1. The minimum absolute atomic E-state index is 0. The van der Waals surface area contributed by atoms with Gasteiger partial charge in [-0.25, -0.2) is 9.59 Å². The van der Waals surface area contributed by atoms with E-state index in [-0.39, 0.29) is 76.4 Å². The van der Waals surface area contributed by atoms with Crippen molar-refractivity contribution in [3.05, 3.63) is 51.6 Å². The van der Waals surface area contributed by atoms with Crippen LogP contribution >= 0.6 is 0 Å². The van der Waals surface area contributed by atoms with Crippen LogP contribution in [0.2, 0.25) is 0 Å². The van der Waals surface area contributed by atoms with Crippen molar-refractivity contribution in [2.24, 2.45) is 5.73 Å². The van der Waals surface area contributed by atoms with E-state index in [2.05, 4.69) is 10.6 Å². The van der Waals surface area contributed by atoms with Gasteiger partial charge in [-0.2, -0.15) is 0 Å². The Morgan fingerprint density at radius 2 is 1.34 bits per heavy atom. The fourth-order valence-corrected chi connectivity index (χ4v) is 5.08. The number of aliphatic carboxylic acids is 1. The average molecular weight is 836 g/mol. The normalized spacial score (nSPS) is 11.7. The zero-order chi connectivity index (χ0) is 43.2. The summed E-state index contributed by atoms with van der Waals surface area (Å²) >= 11 is 0. The Hall–Kier alpha value is -6.38. The molecule has 59 heavy (non-hydrogen) atoms. The summed E-state index contributed by atoms with van der Waals surface area (Å²) in [4.78, 5) is 110. The molecule has 1 aliphatic heterocycles. The van der Waals surface area contributed by atoms with E-state index in [1.54, 1.807) is 54.5 Å². The number of carbonyl (C=O) groups excluding carboxylic acids is 7. The maximum atomic E-state index is 13.3. The number of amides is 6. The molecule has 1 aliphatic rings. The first-order chi connectivity index (χ1) is 26.5. The van der Waals surface area contributed by atoms with Gasteiger partial charge in [-0.3, -0.25) is 43.8 Å². The standard InChI is InChI=1S/C25H28N4O9.C11H21N3O5.2CH4/c1-5-37-20(31)14-27(10-9-26-24(34)38-25(2,3)4)19(30)13-28-22(32)17-8-6-7-15-11-16(29(35)36)12-18(21(15)17)23(28)33;1-11(2,3)19-10(18)13-4-5-14(7-9(16)17)8(15)6-12;;/h6-8,11-12H,5,9-10,13-14H2,1-4H3,(H,26,34);4-7,12H2,1-3H3,(H,13,18)(H,16,17);2*1H4. The van der Waals surface area contributed by atoms with Crippen LogP contribution in [0.25, 0.3) is 10.8 Å². The molecular weight excluding hydrogens is 778 g/mol. The molecule has 21 heteroatoms. The highest BCUT2D eigenvalue weighted by Crippen LogP contribution is 2.33. The molecule has 0 aromatic heterocycles. The van der Waals surface area contributed by atoms with E-state index in [0.29, 0.717) is 10.3 Å². The lowest BCUT2D eigenvalue weighted by atomic mass is 9.93. The van der Waals surface area contributed by atoms with Crippen LogP contribution in [0.3, 0.4) is 0 Å². The topological polar surface area (TPSA) is 287 Å². The fourth-order valence-electron chi connectivity index (χ4n) is 5.08. The number of esters is 1. The Labute approximate surface area is 342 Å². The summed E-state index contributed by atoms with van der Waals surface area (Å²) in [7, 11) is 0. The molecule has 3 rings (SSSR count). The first-order valence-electron chi connectivity index (χ1n) is 17.6. The molecule has 0 bridgehead atoms. The van der Waals surface area contributed by atoms with Crippen molar-refractivity contribution >= 4 is 64.2 Å². The lowest BCUT2D eigenvalue weighted by Crippen LogP contribution is -2.50. The number of benzene rings is 2. The van der Waals surface area contributed by atoms with Crippen molar-refractivity contribution in [1.82, 2.24) is 25.3 Å². The molecule has 0 fully saturated rings. The van der Waals surface area contributed by atoms with Crippen LogP contribution in [0, 0.1) is 10.1 Å². The molecule has 0 atom stereocenters. The molecule has 0 saturated heterocycles. The summed E-state index contributed by atoms with van der Waals surface area (Å²) in [6, 6.07) is 6.87. The number of nitrogens with two attached hydrogens (primary N) is 1. The molecule has 6 amide bonds. The monoisotopic (exact) mass is 835 g/mol. The van der Waals surface area contributed by atoms with Gasteiger partial charge in [-0.1, -0.05) is 27.0 Å². The molecule has 2 aromatic rings. The van der Waals surface area contributed by atoms with E-state index in [1.165, 1.54) is 18.2 Å². The Morgan fingerprint density at radius 1 is 0.831 bits per heavy atom. The maximum absolute atomic E-state index is 13.3. The van der Waals surface area contributed by atoms with E-state index in [9.17, 15) is 48.5 Å². The molecule has 0 spiro atoms. The first kappa shape index (κ1) is 52.6. The van der Waals surface area contributed by atoms with E-state index < -0.39 is 83.5 Å². The Balaban J connectivity index is 0.00000137. The molecule has 21 nitrogen and oxygen atoms in total. The van der Waals surface area contributed by atoms with E-state index in [0.717, 1.165) is 15.9 Å². The van der Waals surface area contributed by atoms with Gasteiger partial charge in [0, 0.05) is 49.3 Å². The molecule has 2 aromatic carbocycles. The summed E-state index contributed by atoms with van der Waals surface area (Å²) in [5.41, 5.74) is 3.51. The number of nitrogens with one attached hydrogen (secondary N) is 2. The quantitative estimate of drug-likeness (QED) is 0.0660. The molecule has 1 heterocycles. The number of imide groups is 1. The SMILES string of the molecule is C.C.CC(C)(C)OC(=O)NCCN(CC(=O)O)C(=O)CN.CCOC(=O)CN(CCNC(=O)OC(C)(C)C)C(=O)CN1C(=O)c2cccc3cc([N+](=O)[O-])cc(c23)C1=O. The van der Waals surface area contributed by atoms with Gasteiger partial charge in [0.1, 0.15) is 30.8 Å². The third kappa shape index (κ3) is 16.9. The number of carbonyl (C=O) groups is 8. The minimum atomic E-state index is -1.14. The number of rotatable bonds is 15. The number of hydrogen-bond donors (Lipinski definition) is 4. The Bertz CT molecular complexity index is 1870. The van der Waals surface area contributed by atoms with Gasteiger partial charge in [0.2, 0.25) is 11.8 Å². The molecule has 5 N–H and O–H groups in total. The number of nitro benzene ring substituents is 1. The number of nitrogens with zero attached hydrogens (tertiary/aromatic N) is 4. The number of carboxylic acids is 1. The zero-order valence-corrected chi connectivity index (χ0v) is 32.9. The van der Waals surface area contributed by atoms with Crippen molar-refractivity contribution < 1.29 is 62.6 Å². The van der Waals surface area contributed by atoms with E-state index in [1.807, 2.05) is 0 Å². The van der Waals surface area contributed by atoms with Crippen LogP contribution in [-0.4, -0.2) is 143 Å². The Morgan fingerprint density at radius 3 is 1.80 bits per heavy atom. The van der Waals surface area contributed by atoms with Crippen molar-refractivity contribution in [1.29, 1.82) is 0 Å². The number of hydrogen-bond acceptors (Lipinski definition) is 14. The molecule has 328 valence electrons. The maximum Gasteiger partial charge on any atom is 0.407 e. The molecule has 0 aliphatic carbocycles. The molecule has 0 radical (unpaired) electrons. The predicted molar refractivity (Wildman–Crippen MR) is 214 cm³/mol. The molecule has 0 saturated carbocycles. The first-order valence-corrected chi connectivity index (χ1v) is 17.6. The number of alkyl carbamates (subject to hydrolysis) is 2. The minimum Gasteiger partial charge on any atom is -0.480 e. The van der Waals surface area contributed by atoms with Gasteiger partial charge in [0.05, 0.1) is 23.6 Å². The smallest absolute Gasteiger partial charge is 0.407 e. The van der Waals surface area contributed by atoms with Crippen LogP contribution in [-0.2, 0) is 33.4 Å². The van der Waals surface area contributed by atoms with Crippen molar-refractivity contribution in [3.63, 3.8) is 0 Å². The highest BCUT2D eigenvalue weighted by Gasteiger charge is 2.36. The third-order valence-electron chi connectivity index (χ3n) is 7.35. The summed E-state index contributed by atoms with van der Waals surface area (Å²) < 4.78 is 15.1. The van der Waals surface area contributed by atoms with Crippen LogP contribution in [0.15, 0.2) is 30.3 Å². The van der Waals surface area contributed by atoms with Crippen molar-refractivity contribution in [3.8, 4) is 0 Å². The third-order valence-corrected chi connectivity index (χ3v) is 7.35. The van der Waals surface area contributed by atoms with Gasteiger partial charge >= 0.3 is 24.1 Å². The van der Waals surface area contributed by atoms with Crippen molar-refractivity contribution in [2.75, 3.05) is 59.0 Å². The van der Waals surface area contributed by atoms with Gasteiger partial charge in [0.25, 0.3) is 17.5 Å². The van der Waals surface area contributed by atoms with Crippen LogP contribution in [0.4, 0.5) is 15.3 Å². The number of non-ortho nitro benzene ring substituents is 1. The summed E-state index contributed by atoms with van der Waals surface area (Å²) in [5.74, 6) is -4.75. The number of ether oxygens (including phenoxy) is 3. The highest BCUT2D eigenvalue weighted by molar-refractivity contribution is 6.26. The Kier molecular flexibility index (Phi) is 20.6. The predicted octanol–water partition coefficient (Wildman–Crippen LogP) is 2.92. The summed E-state index contributed by atoms with van der Waals surface area (Å²) in [6.07, 6.45) is -1.35. The molecular formula is C38H57N7O14. The van der Waals surface area contributed by atoms with Gasteiger partial charge in [0.15, 0.2) is 0 Å². The van der Waals surface area contributed by atoms with Crippen molar-refractivity contribution in [2.45, 2.75) is 74.5 Å². The fraction of sp³-hybridized carbons (Fsp3) is 0.526. The second kappa shape index (κ2) is 23.1. The second-order valence-corrected chi connectivity index (χ2v) is 14.2. The second-order valence-electron chi connectivity index (χ2n) is 14.2.